The minimum atomic E-state index is -4.39. The number of ether oxygens (including phenoxy) is 1. The zero-order valence-electron chi connectivity index (χ0n) is 13.2. The molecule has 2 aromatic heterocycles. The van der Waals surface area contributed by atoms with Crippen molar-refractivity contribution in [2.75, 3.05) is 18.0 Å². The van der Waals surface area contributed by atoms with E-state index < -0.39 is 11.7 Å². The van der Waals surface area contributed by atoms with Gasteiger partial charge in [0.05, 0.1) is 12.1 Å². The van der Waals surface area contributed by atoms with Gasteiger partial charge in [-0.05, 0) is 6.07 Å². The van der Waals surface area contributed by atoms with E-state index in [0.29, 0.717) is 12.5 Å². The fourth-order valence-electron chi connectivity index (χ4n) is 2.37. The molecule has 3 rings (SSSR count). The van der Waals surface area contributed by atoms with E-state index >= 15 is 0 Å². The number of alkyl halides is 3. The first-order valence-electron chi connectivity index (χ1n) is 7.61. The third kappa shape index (κ3) is 3.77. The van der Waals surface area contributed by atoms with Crippen molar-refractivity contribution in [1.82, 2.24) is 15.2 Å². The molecule has 2 aromatic rings. The van der Waals surface area contributed by atoms with Crippen LogP contribution < -0.4 is 9.64 Å². The monoisotopic (exact) mass is 358 g/mol. The number of halogens is 3. The standard InChI is InChI=1S/C15H17F3N4OS/c1-9(2)13-20-21-14(24-13)22-6-5-11(8-22)23-12-4-3-10(7-19-12)15(16,17)18/h3-4,7,9,11H,5-6,8H2,1-2H3. The number of rotatable bonds is 4. The Bertz CT molecular complexity index is 687. The molecule has 0 spiro atoms. The lowest BCUT2D eigenvalue weighted by Crippen LogP contribution is -2.24. The van der Waals surface area contributed by atoms with Gasteiger partial charge in [0.15, 0.2) is 0 Å². The minimum Gasteiger partial charge on any atom is -0.472 e. The maximum Gasteiger partial charge on any atom is 0.417 e. The number of pyridine rings is 1. The first kappa shape index (κ1) is 16.9. The summed E-state index contributed by atoms with van der Waals surface area (Å²) in [5, 5.41) is 10.2. The number of hydrogen-bond acceptors (Lipinski definition) is 6. The van der Waals surface area contributed by atoms with E-state index in [1.807, 2.05) is 0 Å². The highest BCUT2D eigenvalue weighted by Crippen LogP contribution is 2.31. The smallest absolute Gasteiger partial charge is 0.417 e. The van der Waals surface area contributed by atoms with Crippen molar-refractivity contribution < 1.29 is 17.9 Å². The van der Waals surface area contributed by atoms with Crippen molar-refractivity contribution in [3.8, 4) is 5.88 Å². The number of nitrogens with zero attached hydrogens (tertiary/aromatic N) is 4. The molecule has 24 heavy (non-hydrogen) atoms. The van der Waals surface area contributed by atoms with Crippen molar-refractivity contribution in [3.05, 3.63) is 28.9 Å². The molecule has 0 radical (unpaired) electrons. The Morgan fingerprint density at radius 1 is 1.29 bits per heavy atom. The molecule has 0 N–H and O–H groups in total. The molecule has 1 unspecified atom stereocenters. The molecule has 1 fully saturated rings. The highest BCUT2D eigenvalue weighted by molar-refractivity contribution is 7.15. The summed E-state index contributed by atoms with van der Waals surface area (Å²) in [5.74, 6) is 0.539. The topological polar surface area (TPSA) is 51.1 Å². The summed E-state index contributed by atoms with van der Waals surface area (Å²) in [7, 11) is 0. The second-order valence-corrected chi connectivity index (χ2v) is 6.92. The van der Waals surface area contributed by atoms with Crippen LogP contribution in [0.25, 0.3) is 0 Å². The van der Waals surface area contributed by atoms with Crippen LogP contribution in [0.5, 0.6) is 5.88 Å². The fraction of sp³-hybridized carbons (Fsp3) is 0.533. The van der Waals surface area contributed by atoms with Crippen LogP contribution in [-0.2, 0) is 6.18 Å². The quantitative estimate of drug-likeness (QED) is 0.833. The summed E-state index contributed by atoms with van der Waals surface area (Å²) in [6.45, 7) is 5.53. The van der Waals surface area contributed by atoms with E-state index in [1.54, 1.807) is 11.3 Å². The molecule has 1 atom stereocenters. The number of hydrogen-bond donors (Lipinski definition) is 0. The highest BCUT2D eigenvalue weighted by Gasteiger charge is 2.31. The largest absolute Gasteiger partial charge is 0.472 e. The van der Waals surface area contributed by atoms with Gasteiger partial charge in [-0.2, -0.15) is 13.2 Å². The van der Waals surface area contributed by atoms with E-state index in [9.17, 15) is 13.2 Å². The Morgan fingerprint density at radius 2 is 2.08 bits per heavy atom. The Labute approximate surface area is 141 Å². The van der Waals surface area contributed by atoms with E-state index in [4.69, 9.17) is 4.74 Å². The third-order valence-corrected chi connectivity index (χ3v) is 4.98. The van der Waals surface area contributed by atoms with Crippen LogP contribution in [0.3, 0.4) is 0 Å². The molecule has 1 saturated heterocycles. The summed E-state index contributed by atoms with van der Waals surface area (Å²) < 4.78 is 43.3. The van der Waals surface area contributed by atoms with Crippen molar-refractivity contribution >= 4 is 16.5 Å². The Morgan fingerprint density at radius 3 is 2.67 bits per heavy atom. The van der Waals surface area contributed by atoms with Gasteiger partial charge in [-0.3, -0.25) is 0 Å². The van der Waals surface area contributed by atoms with Gasteiger partial charge >= 0.3 is 6.18 Å². The zero-order valence-corrected chi connectivity index (χ0v) is 14.1. The van der Waals surface area contributed by atoms with Gasteiger partial charge in [0.25, 0.3) is 0 Å². The number of aromatic nitrogens is 3. The molecule has 0 aliphatic carbocycles. The van der Waals surface area contributed by atoms with Crippen molar-refractivity contribution in [2.45, 2.75) is 38.5 Å². The van der Waals surface area contributed by atoms with Gasteiger partial charge < -0.3 is 9.64 Å². The molecule has 5 nitrogen and oxygen atoms in total. The van der Waals surface area contributed by atoms with Crippen LogP contribution in [0.15, 0.2) is 18.3 Å². The second-order valence-electron chi connectivity index (χ2n) is 5.93. The first-order valence-corrected chi connectivity index (χ1v) is 8.43. The molecular formula is C15H17F3N4OS. The summed E-state index contributed by atoms with van der Waals surface area (Å²) in [4.78, 5) is 5.83. The van der Waals surface area contributed by atoms with Crippen LogP contribution in [0.1, 0.15) is 36.8 Å². The Balaban J connectivity index is 1.59. The number of anilines is 1. The predicted octanol–water partition coefficient (Wildman–Crippen LogP) is 3.73. The van der Waals surface area contributed by atoms with E-state index in [-0.39, 0.29) is 12.0 Å². The zero-order chi connectivity index (χ0) is 17.3. The lowest BCUT2D eigenvalue weighted by molar-refractivity contribution is -0.137. The molecule has 0 aromatic carbocycles. The van der Waals surface area contributed by atoms with Gasteiger partial charge in [-0.25, -0.2) is 4.98 Å². The molecule has 0 amide bonds. The summed E-state index contributed by atoms with van der Waals surface area (Å²) in [6, 6.07) is 2.24. The SMILES string of the molecule is CC(C)c1nnc(N2CCC(Oc3ccc(C(F)(F)F)cn3)C2)s1. The lowest BCUT2D eigenvalue weighted by atomic mass is 10.2. The minimum absolute atomic E-state index is 0.124. The molecular weight excluding hydrogens is 341 g/mol. The van der Waals surface area contributed by atoms with Crippen molar-refractivity contribution in [3.63, 3.8) is 0 Å². The predicted molar refractivity (Wildman–Crippen MR) is 84.5 cm³/mol. The highest BCUT2D eigenvalue weighted by atomic mass is 32.1. The average Bonchev–Trinajstić information content (AvgIpc) is 3.15. The summed E-state index contributed by atoms with van der Waals surface area (Å²) in [5.41, 5.74) is -0.780. The van der Waals surface area contributed by atoms with Gasteiger partial charge in [0, 0.05) is 31.1 Å². The summed E-state index contributed by atoms with van der Waals surface area (Å²) in [6.07, 6.45) is -2.96. The van der Waals surface area contributed by atoms with Gasteiger partial charge in [0.2, 0.25) is 11.0 Å². The maximum absolute atomic E-state index is 12.5. The maximum atomic E-state index is 12.5. The third-order valence-electron chi connectivity index (χ3n) is 3.69. The van der Waals surface area contributed by atoms with E-state index in [2.05, 4.69) is 33.9 Å². The van der Waals surface area contributed by atoms with Crippen molar-refractivity contribution in [2.24, 2.45) is 0 Å². The molecule has 1 aliphatic heterocycles. The molecule has 0 saturated carbocycles. The van der Waals surface area contributed by atoms with E-state index in [1.165, 1.54) is 6.07 Å². The fourth-order valence-corrected chi connectivity index (χ4v) is 3.26. The van der Waals surface area contributed by atoms with Gasteiger partial charge in [0.1, 0.15) is 11.1 Å². The average molecular weight is 358 g/mol. The van der Waals surface area contributed by atoms with Crippen LogP contribution in [0, 0.1) is 0 Å². The normalized spacial score (nSPS) is 18.4. The Kier molecular flexibility index (Phi) is 4.62. The lowest BCUT2D eigenvalue weighted by Gasteiger charge is -2.15. The first-order chi connectivity index (χ1) is 11.3. The van der Waals surface area contributed by atoms with Crippen LogP contribution >= 0.6 is 11.3 Å². The molecule has 1 aliphatic rings. The molecule has 3 heterocycles. The Hall–Kier alpha value is -1.90. The summed E-state index contributed by atoms with van der Waals surface area (Å²) >= 11 is 1.56. The molecule has 9 heteroatoms. The van der Waals surface area contributed by atoms with Gasteiger partial charge in [-0.1, -0.05) is 25.2 Å². The molecule has 0 bridgehead atoms. The second kappa shape index (κ2) is 6.54. The van der Waals surface area contributed by atoms with Crippen LogP contribution in [0.2, 0.25) is 0 Å². The van der Waals surface area contributed by atoms with Crippen molar-refractivity contribution in [1.29, 1.82) is 0 Å². The van der Waals surface area contributed by atoms with Crippen LogP contribution in [-0.4, -0.2) is 34.4 Å². The van der Waals surface area contributed by atoms with Crippen LogP contribution in [0.4, 0.5) is 18.3 Å². The van der Waals surface area contributed by atoms with Gasteiger partial charge in [-0.15, -0.1) is 10.2 Å². The molecule has 130 valence electrons. The van der Waals surface area contributed by atoms with E-state index in [0.717, 1.165) is 35.4 Å².